The number of anilines is 2. The number of hydrogen-bond acceptors (Lipinski definition) is 11. The fraction of sp³-hybridized carbons (Fsp3) is 0.0217. The molecule has 0 spiro atoms. The van der Waals surface area contributed by atoms with Gasteiger partial charge in [-0.25, -0.2) is 0 Å². The summed E-state index contributed by atoms with van der Waals surface area (Å²) in [7, 11) is 0. The van der Waals surface area contributed by atoms with E-state index >= 15 is 0 Å². The number of benzene rings is 8. The summed E-state index contributed by atoms with van der Waals surface area (Å²) in [5, 5.41) is 64.5. The van der Waals surface area contributed by atoms with Gasteiger partial charge in [-0.05, 0) is 83.6 Å². The average Bonchev–Trinajstić information content (AvgIpc) is 3.26. The van der Waals surface area contributed by atoms with E-state index in [1.165, 1.54) is 30.3 Å². The molecule has 0 heterocycles. The van der Waals surface area contributed by atoms with Crippen molar-refractivity contribution >= 4 is 84.8 Å². The summed E-state index contributed by atoms with van der Waals surface area (Å²) in [6.45, 7) is 0.108. The number of rotatable bonds is 10. The molecular weight excluding hydrogens is 859 g/mol. The van der Waals surface area contributed by atoms with Crippen molar-refractivity contribution in [3.63, 3.8) is 0 Å². The van der Waals surface area contributed by atoms with Gasteiger partial charge in [-0.15, -0.1) is 20.5 Å². The van der Waals surface area contributed by atoms with Crippen LogP contribution < -0.4 is 10.8 Å². The number of hydrogen-bond donors (Lipinski definition) is 6. The maximum atomic E-state index is 12.8. The van der Waals surface area contributed by atoms with Gasteiger partial charge in [-0.3, -0.25) is 15.1 Å². The molecule has 306 valence electrons. The summed E-state index contributed by atoms with van der Waals surface area (Å²) >= 11 is 11.9. The zero-order chi connectivity index (χ0) is 42.0. The van der Waals surface area contributed by atoms with Gasteiger partial charge in [-0.1, -0.05) is 108 Å². The number of para-hydroxylation sites is 2. The molecule has 0 aromatic heterocycles. The average molecular weight is 894 g/mol. The normalized spacial score (nSPS) is 11.0. The van der Waals surface area contributed by atoms with Crippen molar-refractivity contribution in [1.82, 2.24) is 0 Å². The zero-order valence-corrected chi connectivity index (χ0v) is 34.3. The molecule has 0 radical (unpaired) electrons. The smallest absolute Gasteiger partial charge is 0.259 e. The molecule has 12 nitrogen and oxygen atoms in total. The standard InChI is InChI=1S/C23H18ClN3O3.C23H16ClN3O3.Fe/c24-17-10-11-21(28)20(13-17)25-26-22-19-9-5-4-6-15(19)12-16(23(22)29)14-30-27-18-7-2-1-3-8-18;24-15-10-11-20(28)19(13-15)26-27-21-17-9-5-4-6-14(17)12-18(22(21)29)23(30)25-16-7-2-1-3-8-16;/h1-13,27-29H,14H2;1-13,28-29H,(H,25,30);. The molecule has 1 amide bonds. The van der Waals surface area contributed by atoms with Gasteiger partial charge in [0.2, 0.25) is 0 Å². The molecule has 0 aliphatic heterocycles. The second-order valence-corrected chi connectivity index (χ2v) is 13.9. The van der Waals surface area contributed by atoms with Crippen LogP contribution in [0.3, 0.4) is 0 Å². The van der Waals surface area contributed by atoms with Crippen molar-refractivity contribution in [1.29, 1.82) is 0 Å². The summed E-state index contributed by atoms with van der Waals surface area (Å²) in [6, 6.07) is 45.4. The Labute approximate surface area is 369 Å². The van der Waals surface area contributed by atoms with Crippen molar-refractivity contribution in [3.05, 3.63) is 179 Å². The number of nitrogens with one attached hydrogen (secondary N) is 2. The van der Waals surface area contributed by atoms with Crippen LogP contribution in [-0.4, -0.2) is 26.3 Å². The van der Waals surface area contributed by atoms with Crippen LogP contribution in [0, 0.1) is 0 Å². The van der Waals surface area contributed by atoms with Gasteiger partial charge in [0.25, 0.3) is 5.91 Å². The van der Waals surface area contributed by atoms with Crippen molar-refractivity contribution in [3.8, 4) is 23.0 Å². The first-order valence-corrected chi connectivity index (χ1v) is 19.0. The minimum Gasteiger partial charge on any atom is -0.506 e. The number of aromatic hydroxyl groups is 4. The first kappa shape index (κ1) is 43.6. The van der Waals surface area contributed by atoms with Crippen LogP contribution in [-0.2, 0) is 28.5 Å². The van der Waals surface area contributed by atoms with Crippen LogP contribution in [0.15, 0.2) is 178 Å². The molecule has 0 atom stereocenters. The largest absolute Gasteiger partial charge is 0.506 e. The van der Waals surface area contributed by atoms with E-state index in [0.717, 1.165) is 16.5 Å². The van der Waals surface area contributed by atoms with Gasteiger partial charge < -0.3 is 25.7 Å². The SMILES string of the molecule is O=C(Nc1ccccc1)c1cc2ccccc2c(N=Nc2cc(Cl)ccc2O)c1O.Oc1ccc(Cl)cc1N=Nc1c(O)c(CONc2ccccc2)cc2ccccc12.[Fe]. The molecule has 0 fully saturated rings. The van der Waals surface area contributed by atoms with E-state index in [1.807, 2.05) is 78.9 Å². The zero-order valence-electron chi connectivity index (χ0n) is 31.7. The molecule has 8 aromatic rings. The summed E-state index contributed by atoms with van der Waals surface area (Å²) in [5.74, 6) is -1.00. The number of azo groups is 2. The molecule has 6 N–H and O–H groups in total. The molecule has 0 aliphatic carbocycles. The van der Waals surface area contributed by atoms with E-state index in [0.29, 0.717) is 32.1 Å². The number of fused-ring (bicyclic) bond motifs is 2. The third-order valence-electron chi connectivity index (χ3n) is 8.93. The molecule has 0 saturated heterocycles. The Kier molecular flexibility index (Phi) is 14.5. The quantitative estimate of drug-likeness (QED) is 0.0449. The van der Waals surface area contributed by atoms with Crippen molar-refractivity contribution < 1.29 is 47.1 Å². The second kappa shape index (κ2) is 20.3. The molecule has 8 rings (SSSR count). The predicted octanol–water partition coefficient (Wildman–Crippen LogP) is 13.4. The van der Waals surface area contributed by atoms with Crippen molar-refractivity contribution in [2.75, 3.05) is 10.8 Å². The Morgan fingerprint density at radius 2 is 1.02 bits per heavy atom. The Bertz CT molecular complexity index is 2890. The van der Waals surface area contributed by atoms with E-state index in [-0.39, 0.29) is 75.0 Å². The van der Waals surface area contributed by atoms with E-state index < -0.39 is 5.91 Å². The van der Waals surface area contributed by atoms with Gasteiger partial charge in [0.15, 0.2) is 5.75 Å². The van der Waals surface area contributed by atoms with E-state index in [9.17, 15) is 25.2 Å². The van der Waals surface area contributed by atoms with E-state index in [4.69, 9.17) is 28.0 Å². The van der Waals surface area contributed by atoms with Crippen molar-refractivity contribution in [2.24, 2.45) is 20.5 Å². The topological polar surface area (TPSA) is 181 Å². The third-order valence-corrected chi connectivity index (χ3v) is 9.40. The minimum atomic E-state index is -0.480. The van der Waals surface area contributed by atoms with Crippen LogP contribution in [0.1, 0.15) is 15.9 Å². The van der Waals surface area contributed by atoms with Crippen LogP contribution >= 0.6 is 23.2 Å². The second-order valence-electron chi connectivity index (χ2n) is 13.0. The Morgan fingerprint density at radius 1 is 0.541 bits per heavy atom. The first-order valence-electron chi connectivity index (χ1n) is 18.2. The van der Waals surface area contributed by atoms with Crippen LogP contribution in [0.4, 0.5) is 34.1 Å². The molecular formula is C46H34Cl2FeN6O6. The van der Waals surface area contributed by atoms with Gasteiger partial charge in [-0.2, -0.15) is 0 Å². The number of halogens is 2. The number of carbonyl (C=O) groups is 1. The summed E-state index contributed by atoms with van der Waals surface area (Å²) in [4.78, 5) is 18.4. The summed E-state index contributed by atoms with van der Waals surface area (Å²) in [5.41, 5.74) is 5.60. The number of phenolic OH excluding ortho intramolecular Hbond substituents is 4. The molecule has 0 aliphatic rings. The van der Waals surface area contributed by atoms with E-state index in [1.54, 1.807) is 48.5 Å². The fourth-order valence-corrected chi connectivity index (χ4v) is 6.29. The molecule has 0 bridgehead atoms. The monoisotopic (exact) mass is 892 g/mol. The van der Waals surface area contributed by atoms with Crippen LogP contribution in [0.2, 0.25) is 10.0 Å². The Morgan fingerprint density at radius 3 is 1.57 bits per heavy atom. The molecule has 15 heteroatoms. The fourth-order valence-electron chi connectivity index (χ4n) is 5.96. The molecule has 61 heavy (non-hydrogen) atoms. The molecule has 0 saturated carbocycles. The molecule has 0 unspecified atom stereocenters. The number of nitrogens with zero attached hydrogens (tertiary/aromatic N) is 4. The maximum absolute atomic E-state index is 12.8. The predicted molar refractivity (Wildman–Crippen MR) is 235 cm³/mol. The van der Waals surface area contributed by atoms with E-state index in [2.05, 4.69) is 31.3 Å². The molecule has 8 aromatic carbocycles. The third kappa shape index (κ3) is 10.8. The Balaban J connectivity index is 0.000000201. The van der Waals surface area contributed by atoms with Crippen LogP contribution in [0.25, 0.3) is 21.5 Å². The maximum Gasteiger partial charge on any atom is 0.259 e. The minimum absolute atomic E-state index is 0. The van der Waals surface area contributed by atoms with Crippen molar-refractivity contribution in [2.45, 2.75) is 6.61 Å². The Hall–Kier alpha value is -6.99. The number of amides is 1. The first-order chi connectivity index (χ1) is 29.1. The van der Waals surface area contributed by atoms with Gasteiger partial charge >= 0.3 is 0 Å². The number of phenols is 4. The summed E-state index contributed by atoms with van der Waals surface area (Å²) in [6.07, 6.45) is 0. The van der Waals surface area contributed by atoms with Gasteiger partial charge in [0.05, 0.1) is 11.3 Å². The number of carbonyl (C=O) groups excluding carboxylic acids is 1. The summed E-state index contributed by atoms with van der Waals surface area (Å²) < 4.78 is 0. The van der Waals surface area contributed by atoms with Crippen LogP contribution in [0.5, 0.6) is 23.0 Å². The van der Waals surface area contributed by atoms with Gasteiger partial charge in [0.1, 0.15) is 46.6 Å². The van der Waals surface area contributed by atoms with Gasteiger partial charge in [0, 0.05) is 49.1 Å².